The Labute approximate surface area is 255 Å². The number of benzene rings is 2. The molecule has 0 aliphatic carbocycles. The molecule has 0 radical (unpaired) electrons. The maximum absolute atomic E-state index is 14.2. The molecule has 0 N–H and O–H groups in total. The largest absolute Gasteiger partial charge is 0.445 e. The zero-order valence-corrected chi connectivity index (χ0v) is 25.7. The topological polar surface area (TPSA) is 88.6 Å². The second-order valence-electron chi connectivity index (χ2n) is 12.9. The fourth-order valence-corrected chi connectivity index (χ4v) is 6.46. The van der Waals surface area contributed by atoms with Gasteiger partial charge in [0.05, 0.1) is 13.2 Å². The molecule has 9 heteroatoms. The minimum atomic E-state index is -0.582. The summed E-state index contributed by atoms with van der Waals surface area (Å²) < 4.78 is 17.3. The van der Waals surface area contributed by atoms with E-state index >= 15 is 0 Å². The van der Waals surface area contributed by atoms with Crippen molar-refractivity contribution < 1.29 is 28.6 Å². The molecule has 9 nitrogen and oxygen atoms in total. The maximum atomic E-state index is 14.2. The third-order valence-electron chi connectivity index (χ3n) is 8.67. The van der Waals surface area contributed by atoms with E-state index in [1.165, 1.54) is 0 Å². The molecule has 3 aliphatic rings. The standard InChI is InChI=1S/C34H45N3O6/c1-34(2,3)43-32(39)35-17-14-25(15-18-35)22-28-16-19-37(33(40)42-24-26-10-6-4-7-11-26)30(28)31(38)36-20-21-41-29(23-36)27-12-8-5-9-13-27/h4-13,25,28-30H,14-24H2,1-3H3/t28-,29-,30-/m0/s1. The maximum Gasteiger partial charge on any atom is 0.410 e. The summed E-state index contributed by atoms with van der Waals surface area (Å²) >= 11 is 0. The normalized spacial score (nSPS) is 23.2. The van der Waals surface area contributed by atoms with Crippen LogP contribution in [0, 0.1) is 11.8 Å². The van der Waals surface area contributed by atoms with Crippen molar-refractivity contribution in [1.82, 2.24) is 14.7 Å². The van der Waals surface area contributed by atoms with E-state index in [-0.39, 0.29) is 30.6 Å². The van der Waals surface area contributed by atoms with E-state index in [2.05, 4.69) is 0 Å². The number of carbonyl (C=O) groups excluding carboxylic acids is 3. The summed E-state index contributed by atoms with van der Waals surface area (Å²) in [6.45, 7) is 8.94. The number of piperidine rings is 1. The van der Waals surface area contributed by atoms with Crippen molar-refractivity contribution in [2.45, 2.75) is 70.8 Å². The number of amides is 3. The summed E-state index contributed by atoms with van der Waals surface area (Å²) in [4.78, 5) is 45.5. The minimum absolute atomic E-state index is 0.0212. The van der Waals surface area contributed by atoms with Crippen molar-refractivity contribution in [3.63, 3.8) is 0 Å². The smallest absolute Gasteiger partial charge is 0.410 e. The van der Waals surface area contributed by atoms with Crippen molar-refractivity contribution >= 4 is 18.1 Å². The number of morpholine rings is 1. The molecule has 3 atom stereocenters. The lowest BCUT2D eigenvalue weighted by Gasteiger charge is -2.38. The van der Waals surface area contributed by atoms with Crippen LogP contribution in [-0.2, 0) is 25.6 Å². The quantitative estimate of drug-likeness (QED) is 0.431. The molecule has 2 aromatic rings. The highest BCUT2D eigenvalue weighted by Crippen LogP contribution is 2.36. The highest BCUT2D eigenvalue weighted by molar-refractivity contribution is 5.87. The zero-order valence-electron chi connectivity index (χ0n) is 25.7. The van der Waals surface area contributed by atoms with Crippen molar-refractivity contribution in [3.05, 3.63) is 71.8 Å². The number of hydrogen-bond acceptors (Lipinski definition) is 6. The Bertz CT molecular complexity index is 1230. The Morgan fingerprint density at radius 3 is 2.19 bits per heavy atom. The van der Waals surface area contributed by atoms with Crippen LogP contribution in [0.4, 0.5) is 9.59 Å². The SMILES string of the molecule is CC(C)(C)OC(=O)N1CCC(C[C@@H]2CCN(C(=O)OCc3ccccc3)[C@@H]2C(=O)N2CCO[C@H](c3ccccc3)C2)CC1. The number of carbonyl (C=O) groups is 3. The van der Waals surface area contributed by atoms with Gasteiger partial charge in [0.1, 0.15) is 24.4 Å². The number of nitrogens with zero attached hydrogens (tertiary/aromatic N) is 3. The van der Waals surface area contributed by atoms with Gasteiger partial charge in [-0.15, -0.1) is 0 Å². The van der Waals surface area contributed by atoms with Crippen LogP contribution in [0.25, 0.3) is 0 Å². The van der Waals surface area contributed by atoms with Crippen LogP contribution in [0.3, 0.4) is 0 Å². The second-order valence-corrected chi connectivity index (χ2v) is 12.9. The van der Waals surface area contributed by atoms with Crippen LogP contribution in [0.5, 0.6) is 0 Å². The summed E-state index contributed by atoms with van der Waals surface area (Å²) in [6, 6.07) is 19.0. The van der Waals surface area contributed by atoms with Gasteiger partial charge >= 0.3 is 12.2 Å². The van der Waals surface area contributed by atoms with Crippen molar-refractivity contribution in [2.75, 3.05) is 39.3 Å². The first kappa shape index (κ1) is 30.9. The first-order chi connectivity index (χ1) is 20.7. The summed E-state index contributed by atoms with van der Waals surface area (Å²) in [5.74, 6) is 0.350. The third-order valence-corrected chi connectivity index (χ3v) is 8.67. The van der Waals surface area contributed by atoms with E-state index < -0.39 is 17.7 Å². The van der Waals surface area contributed by atoms with Crippen molar-refractivity contribution in [1.29, 1.82) is 0 Å². The Balaban J connectivity index is 1.26. The van der Waals surface area contributed by atoms with Gasteiger partial charge in [0.15, 0.2) is 0 Å². The van der Waals surface area contributed by atoms with Gasteiger partial charge in [-0.05, 0) is 69.4 Å². The van der Waals surface area contributed by atoms with E-state index in [0.29, 0.717) is 45.2 Å². The molecule has 43 heavy (non-hydrogen) atoms. The number of ether oxygens (including phenoxy) is 3. The van der Waals surface area contributed by atoms with Gasteiger partial charge in [-0.25, -0.2) is 9.59 Å². The molecular weight excluding hydrogens is 546 g/mol. The number of likely N-dealkylation sites (tertiary alicyclic amines) is 2. The van der Waals surface area contributed by atoms with Gasteiger partial charge in [0, 0.05) is 26.2 Å². The highest BCUT2D eigenvalue weighted by atomic mass is 16.6. The Morgan fingerprint density at radius 1 is 0.837 bits per heavy atom. The first-order valence-electron chi connectivity index (χ1n) is 15.6. The highest BCUT2D eigenvalue weighted by Gasteiger charge is 2.46. The average molecular weight is 592 g/mol. The zero-order chi connectivity index (χ0) is 30.4. The molecule has 0 bridgehead atoms. The fraction of sp³-hybridized carbons (Fsp3) is 0.559. The summed E-state index contributed by atoms with van der Waals surface area (Å²) in [7, 11) is 0. The second kappa shape index (κ2) is 13.8. The summed E-state index contributed by atoms with van der Waals surface area (Å²) in [5, 5.41) is 0. The van der Waals surface area contributed by atoms with Crippen LogP contribution >= 0.6 is 0 Å². The van der Waals surface area contributed by atoms with Crippen molar-refractivity contribution in [2.24, 2.45) is 11.8 Å². The lowest BCUT2D eigenvalue weighted by Crippen LogP contribution is -2.53. The monoisotopic (exact) mass is 591 g/mol. The van der Waals surface area contributed by atoms with Gasteiger partial charge in [-0.1, -0.05) is 60.7 Å². The molecule has 3 saturated heterocycles. The van der Waals surface area contributed by atoms with E-state index in [9.17, 15) is 14.4 Å². The van der Waals surface area contributed by atoms with Crippen LogP contribution in [-0.4, -0.2) is 83.8 Å². The molecule has 0 unspecified atom stereocenters. The predicted octanol–water partition coefficient (Wildman–Crippen LogP) is 5.65. The van der Waals surface area contributed by atoms with Crippen molar-refractivity contribution in [3.8, 4) is 0 Å². The van der Waals surface area contributed by atoms with Crippen LogP contribution in [0.15, 0.2) is 60.7 Å². The fourth-order valence-electron chi connectivity index (χ4n) is 6.46. The molecule has 3 aliphatic heterocycles. The van der Waals surface area contributed by atoms with E-state index in [1.54, 1.807) is 9.80 Å². The Kier molecular flexibility index (Phi) is 9.90. The molecule has 0 aromatic heterocycles. The third kappa shape index (κ3) is 8.07. The van der Waals surface area contributed by atoms with Gasteiger partial charge in [0.2, 0.25) is 5.91 Å². The molecular formula is C34H45N3O6. The van der Waals surface area contributed by atoms with E-state index in [1.807, 2.05) is 86.3 Å². The minimum Gasteiger partial charge on any atom is -0.445 e. The average Bonchev–Trinajstić information content (AvgIpc) is 3.43. The molecule has 5 rings (SSSR count). The molecule has 3 heterocycles. The summed E-state index contributed by atoms with van der Waals surface area (Å²) in [6.07, 6.45) is 2.35. The van der Waals surface area contributed by atoms with E-state index in [0.717, 1.165) is 36.8 Å². The van der Waals surface area contributed by atoms with Gasteiger partial charge in [0.25, 0.3) is 0 Å². The lowest BCUT2D eigenvalue weighted by atomic mass is 9.83. The van der Waals surface area contributed by atoms with Gasteiger partial charge < -0.3 is 24.0 Å². The Hall–Kier alpha value is -3.59. The van der Waals surface area contributed by atoms with Gasteiger partial charge in [-0.3, -0.25) is 9.69 Å². The van der Waals surface area contributed by atoms with E-state index in [4.69, 9.17) is 14.2 Å². The Morgan fingerprint density at radius 2 is 1.51 bits per heavy atom. The number of rotatable bonds is 6. The van der Waals surface area contributed by atoms with Crippen LogP contribution in [0.2, 0.25) is 0 Å². The predicted molar refractivity (Wildman–Crippen MR) is 162 cm³/mol. The molecule has 232 valence electrons. The molecule has 3 amide bonds. The first-order valence-corrected chi connectivity index (χ1v) is 15.6. The molecule has 2 aromatic carbocycles. The van der Waals surface area contributed by atoms with Crippen LogP contribution < -0.4 is 0 Å². The van der Waals surface area contributed by atoms with Crippen LogP contribution in [0.1, 0.15) is 63.7 Å². The number of hydrogen-bond donors (Lipinski definition) is 0. The lowest BCUT2D eigenvalue weighted by molar-refractivity contribution is -0.144. The molecule has 0 saturated carbocycles. The summed E-state index contributed by atoms with van der Waals surface area (Å²) in [5.41, 5.74) is 1.42. The molecule has 3 fully saturated rings. The van der Waals surface area contributed by atoms with Gasteiger partial charge in [-0.2, -0.15) is 0 Å². The molecule has 0 spiro atoms.